The number of phenolic OH excluding ortho intramolecular Hbond substituents is 1. The van der Waals surface area contributed by atoms with Crippen molar-refractivity contribution in [2.24, 2.45) is 11.5 Å². The van der Waals surface area contributed by atoms with Crippen molar-refractivity contribution in [3.05, 3.63) is 57.6 Å². The van der Waals surface area contributed by atoms with Crippen LogP contribution in [0.1, 0.15) is 0 Å². The minimum atomic E-state index is -0.726. The highest BCUT2D eigenvalue weighted by atomic mass is 35.5. The number of carbonyl (C=O) groups excluding carboxylic acids is 1. The number of thiocarbonyl (C=S) groups is 1. The standard InChI is InChI=1S/C13H10ClN3O4.CH4N2S/c14-9-6-10(12(18)7-11(9)17(20)21)16-13(19)15-8-4-2-1-3-5-8;2-1(3)4/h1-7,18H,(H2,15,16,19);(H4,2,3,4). The van der Waals surface area contributed by atoms with Gasteiger partial charge in [-0.3, -0.25) is 10.1 Å². The number of rotatable bonds is 3. The second kappa shape index (κ2) is 9.25. The lowest BCUT2D eigenvalue weighted by Crippen LogP contribution is -2.19. The number of para-hydroxylation sites is 1. The van der Waals surface area contributed by atoms with Crippen molar-refractivity contribution in [1.29, 1.82) is 0 Å². The average Bonchev–Trinajstić information content (AvgIpc) is 2.50. The van der Waals surface area contributed by atoms with Crippen LogP contribution in [0, 0.1) is 10.1 Å². The lowest BCUT2D eigenvalue weighted by molar-refractivity contribution is -0.384. The summed E-state index contributed by atoms with van der Waals surface area (Å²) in [7, 11) is 0. The topological polar surface area (TPSA) is 157 Å². The predicted octanol–water partition coefficient (Wildman–Crippen LogP) is 2.79. The van der Waals surface area contributed by atoms with E-state index >= 15 is 0 Å². The van der Waals surface area contributed by atoms with Crippen molar-refractivity contribution in [2.75, 3.05) is 10.6 Å². The number of nitrogens with two attached hydrogens (primary N) is 2. The first kappa shape index (κ1) is 19.9. The monoisotopic (exact) mass is 383 g/mol. The van der Waals surface area contributed by atoms with Crippen LogP contribution in [0.2, 0.25) is 5.02 Å². The molecule has 0 aliphatic rings. The average molecular weight is 384 g/mol. The molecule has 9 nitrogen and oxygen atoms in total. The van der Waals surface area contributed by atoms with Crippen molar-refractivity contribution in [3.63, 3.8) is 0 Å². The number of nitrogens with one attached hydrogen (secondary N) is 2. The maximum absolute atomic E-state index is 11.8. The molecule has 7 N–H and O–H groups in total. The molecule has 0 unspecified atom stereocenters. The third kappa shape index (κ3) is 6.89. The van der Waals surface area contributed by atoms with Crippen molar-refractivity contribution in [1.82, 2.24) is 0 Å². The smallest absolute Gasteiger partial charge is 0.323 e. The highest BCUT2D eigenvalue weighted by molar-refractivity contribution is 7.80. The molecule has 0 saturated heterocycles. The van der Waals surface area contributed by atoms with E-state index in [-0.39, 0.29) is 15.8 Å². The number of aromatic hydroxyl groups is 1. The second-order valence-electron chi connectivity index (χ2n) is 4.43. The van der Waals surface area contributed by atoms with E-state index in [9.17, 15) is 20.0 Å². The van der Waals surface area contributed by atoms with E-state index in [1.165, 1.54) is 0 Å². The van der Waals surface area contributed by atoms with Crippen LogP contribution in [-0.2, 0) is 0 Å². The molecular formula is C14H14ClN5O4S. The number of halogens is 1. The van der Waals surface area contributed by atoms with Crippen LogP contribution in [0.5, 0.6) is 5.75 Å². The maximum Gasteiger partial charge on any atom is 0.323 e. The van der Waals surface area contributed by atoms with Gasteiger partial charge in [0.1, 0.15) is 10.8 Å². The minimum absolute atomic E-state index is 0.000000000000000222. The first-order valence-electron chi connectivity index (χ1n) is 6.55. The summed E-state index contributed by atoms with van der Waals surface area (Å²) in [5, 5.41) is 25.0. The van der Waals surface area contributed by atoms with Crippen molar-refractivity contribution in [3.8, 4) is 5.75 Å². The first-order chi connectivity index (χ1) is 11.7. The summed E-state index contributed by atoms with van der Waals surface area (Å²) in [6, 6.07) is 10.0. The van der Waals surface area contributed by atoms with Gasteiger partial charge in [-0.1, -0.05) is 29.8 Å². The van der Waals surface area contributed by atoms with Gasteiger partial charge in [0, 0.05) is 5.69 Å². The van der Waals surface area contributed by atoms with Crippen molar-refractivity contribution in [2.45, 2.75) is 0 Å². The Bertz CT molecular complexity index is 784. The Labute approximate surface area is 152 Å². The summed E-state index contributed by atoms with van der Waals surface area (Å²) >= 11 is 9.81. The Morgan fingerprint density at radius 2 is 1.76 bits per heavy atom. The summed E-state index contributed by atoms with van der Waals surface area (Å²) in [5.41, 5.74) is 9.33. The van der Waals surface area contributed by atoms with E-state index in [2.05, 4.69) is 34.3 Å². The minimum Gasteiger partial charge on any atom is -0.506 e. The molecule has 0 radical (unpaired) electrons. The first-order valence-corrected chi connectivity index (χ1v) is 7.34. The molecule has 2 aromatic carbocycles. The normalized spacial score (nSPS) is 9.32. The molecule has 11 heteroatoms. The Morgan fingerprint density at radius 3 is 2.28 bits per heavy atom. The predicted molar refractivity (Wildman–Crippen MR) is 99.8 cm³/mol. The van der Waals surface area contributed by atoms with Crippen LogP contribution in [0.3, 0.4) is 0 Å². The van der Waals surface area contributed by atoms with Crippen molar-refractivity contribution < 1.29 is 14.8 Å². The largest absolute Gasteiger partial charge is 0.506 e. The molecule has 2 aromatic rings. The van der Waals surface area contributed by atoms with E-state index in [1.807, 2.05) is 0 Å². The molecule has 0 aromatic heterocycles. The maximum atomic E-state index is 11.8. The fourth-order valence-corrected chi connectivity index (χ4v) is 1.83. The molecular weight excluding hydrogens is 370 g/mol. The Morgan fingerprint density at radius 1 is 1.20 bits per heavy atom. The van der Waals surface area contributed by atoms with Gasteiger partial charge in [-0.25, -0.2) is 4.79 Å². The number of benzene rings is 2. The number of hydrogen-bond acceptors (Lipinski definition) is 5. The molecule has 2 rings (SSSR count). The van der Waals surface area contributed by atoms with Crippen molar-refractivity contribution >= 4 is 52.0 Å². The lowest BCUT2D eigenvalue weighted by Gasteiger charge is -2.09. The fourth-order valence-electron chi connectivity index (χ4n) is 1.60. The number of hydrogen-bond donors (Lipinski definition) is 5. The van der Waals surface area contributed by atoms with Gasteiger partial charge in [0.05, 0.1) is 16.7 Å². The molecule has 2 amide bonds. The Balaban J connectivity index is 0.000000705. The van der Waals surface area contributed by atoms with Gasteiger partial charge in [-0.2, -0.15) is 0 Å². The molecule has 0 aliphatic heterocycles. The van der Waals surface area contributed by atoms with Gasteiger partial charge in [-0.05, 0) is 30.4 Å². The number of amides is 2. The summed E-state index contributed by atoms with van der Waals surface area (Å²) < 4.78 is 0. The number of nitro benzene ring substituents is 1. The fraction of sp³-hybridized carbons (Fsp3) is 0. The van der Waals surface area contributed by atoms with Crippen LogP contribution in [0.15, 0.2) is 42.5 Å². The van der Waals surface area contributed by atoms with Gasteiger partial charge in [0.15, 0.2) is 5.11 Å². The third-order valence-electron chi connectivity index (χ3n) is 2.54. The van der Waals surface area contributed by atoms with Gasteiger partial charge >= 0.3 is 6.03 Å². The van der Waals surface area contributed by atoms with Gasteiger partial charge in [0.2, 0.25) is 0 Å². The number of nitro groups is 1. The number of phenols is 1. The highest BCUT2D eigenvalue weighted by Crippen LogP contribution is 2.34. The number of anilines is 2. The zero-order valence-electron chi connectivity index (χ0n) is 12.6. The van der Waals surface area contributed by atoms with E-state index in [0.717, 1.165) is 12.1 Å². The van der Waals surface area contributed by atoms with Gasteiger partial charge in [-0.15, -0.1) is 0 Å². The van der Waals surface area contributed by atoms with Crippen LogP contribution in [0.4, 0.5) is 21.9 Å². The van der Waals surface area contributed by atoms with E-state index in [0.29, 0.717) is 5.69 Å². The van der Waals surface area contributed by atoms with Crippen LogP contribution in [-0.4, -0.2) is 21.2 Å². The molecule has 0 atom stereocenters. The highest BCUT2D eigenvalue weighted by Gasteiger charge is 2.17. The molecule has 0 saturated carbocycles. The van der Waals surface area contributed by atoms with E-state index in [4.69, 9.17) is 11.6 Å². The molecule has 0 bridgehead atoms. The summed E-state index contributed by atoms with van der Waals surface area (Å²) in [4.78, 5) is 21.7. The summed E-state index contributed by atoms with van der Waals surface area (Å²) in [5.74, 6) is -0.450. The quantitative estimate of drug-likeness (QED) is 0.236. The molecule has 132 valence electrons. The van der Waals surface area contributed by atoms with E-state index in [1.54, 1.807) is 30.3 Å². The number of urea groups is 1. The molecule has 0 aliphatic carbocycles. The summed E-state index contributed by atoms with van der Waals surface area (Å²) in [6.07, 6.45) is 0. The Hall–Kier alpha value is -3.11. The van der Waals surface area contributed by atoms with Gasteiger partial charge < -0.3 is 27.2 Å². The lowest BCUT2D eigenvalue weighted by atomic mass is 10.2. The van der Waals surface area contributed by atoms with Crippen LogP contribution in [0.25, 0.3) is 0 Å². The molecule has 0 fully saturated rings. The number of carbonyl (C=O) groups is 1. The SMILES string of the molecule is NC(N)=S.O=C(Nc1ccccc1)Nc1cc(Cl)c([N+](=O)[O-])cc1O. The molecule has 0 heterocycles. The summed E-state index contributed by atoms with van der Waals surface area (Å²) in [6.45, 7) is 0. The molecule has 0 spiro atoms. The van der Waals surface area contributed by atoms with Crippen LogP contribution < -0.4 is 22.1 Å². The number of nitrogens with zero attached hydrogens (tertiary/aromatic N) is 1. The molecule has 25 heavy (non-hydrogen) atoms. The van der Waals surface area contributed by atoms with Crippen LogP contribution >= 0.6 is 23.8 Å². The Kier molecular flexibility index (Phi) is 7.38. The third-order valence-corrected chi connectivity index (χ3v) is 2.84. The second-order valence-corrected chi connectivity index (χ2v) is 5.30. The van der Waals surface area contributed by atoms with E-state index < -0.39 is 22.4 Å². The van der Waals surface area contributed by atoms with Gasteiger partial charge in [0.25, 0.3) is 5.69 Å². The zero-order chi connectivity index (χ0) is 19.0. The zero-order valence-corrected chi connectivity index (χ0v) is 14.2.